The van der Waals surface area contributed by atoms with Gasteiger partial charge in [0.1, 0.15) is 11.4 Å². The molecular weight excluding hydrogens is 296 g/mol. The number of rotatable bonds is 4. The lowest BCUT2D eigenvalue weighted by Gasteiger charge is -2.12. The first kappa shape index (κ1) is 14.3. The van der Waals surface area contributed by atoms with Gasteiger partial charge in [0.15, 0.2) is 5.11 Å². The number of benzene rings is 1. The van der Waals surface area contributed by atoms with Crippen molar-refractivity contribution >= 4 is 28.7 Å². The number of fused-ring (bicyclic) bond motifs is 1. The second kappa shape index (κ2) is 6.44. The molecule has 2 aromatic heterocycles. The number of methoxy groups -OCH3 is 1. The minimum absolute atomic E-state index is 0.529. The van der Waals surface area contributed by atoms with E-state index in [1.807, 2.05) is 59.3 Å². The Labute approximate surface area is 133 Å². The highest BCUT2D eigenvalue weighted by atomic mass is 32.1. The first-order valence-electron chi connectivity index (χ1n) is 6.87. The van der Waals surface area contributed by atoms with Crippen LogP contribution in [0.25, 0.3) is 5.65 Å². The number of hydrogen-bond donors (Lipinski definition) is 2. The number of imidazole rings is 1. The number of nitrogens with zero attached hydrogens (tertiary/aromatic N) is 2. The van der Waals surface area contributed by atoms with Crippen LogP contribution >= 0.6 is 12.2 Å². The SMILES string of the molecule is COc1ccccc1NC(=S)NCc1cn2ccccc2n1. The Morgan fingerprint density at radius 1 is 1.23 bits per heavy atom. The lowest BCUT2D eigenvalue weighted by Crippen LogP contribution is -2.28. The zero-order valence-corrected chi connectivity index (χ0v) is 12.9. The molecule has 0 amide bonds. The molecule has 0 aliphatic carbocycles. The highest BCUT2D eigenvalue weighted by Gasteiger charge is 2.05. The number of para-hydroxylation sites is 2. The summed E-state index contributed by atoms with van der Waals surface area (Å²) in [6, 6.07) is 13.5. The Kier molecular flexibility index (Phi) is 4.20. The van der Waals surface area contributed by atoms with Crippen LogP contribution in [-0.4, -0.2) is 21.6 Å². The van der Waals surface area contributed by atoms with Gasteiger partial charge in [-0.25, -0.2) is 4.98 Å². The summed E-state index contributed by atoms with van der Waals surface area (Å²) in [6.45, 7) is 0.558. The fourth-order valence-corrected chi connectivity index (χ4v) is 2.34. The van der Waals surface area contributed by atoms with E-state index in [-0.39, 0.29) is 0 Å². The van der Waals surface area contributed by atoms with E-state index in [1.54, 1.807) is 7.11 Å². The molecule has 1 aromatic carbocycles. The van der Waals surface area contributed by atoms with Crippen LogP contribution in [0.2, 0.25) is 0 Å². The van der Waals surface area contributed by atoms with Gasteiger partial charge in [0.05, 0.1) is 25.0 Å². The van der Waals surface area contributed by atoms with E-state index in [9.17, 15) is 0 Å². The first-order chi connectivity index (χ1) is 10.8. The smallest absolute Gasteiger partial charge is 0.171 e. The van der Waals surface area contributed by atoms with Crippen LogP contribution in [0.5, 0.6) is 5.75 Å². The molecule has 3 aromatic rings. The molecule has 0 radical (unpaired) electrons. The molecule has 2 heterocycles. The van der Waals surface area contributed by atoms with E-state index in [1.165, 1.54) is 0 Å². The van der Waals surface area contributed by atoms with Crippen molar-refractivity contribution < 1.29 is 4.74 Å². The molecule has 6 heteroatoms. The van der Waals surface area contributed by atoms with Crippen molar-refractivity contribution in [2.75, 3.05) is 12.4 Å². The summed E-state index contributed by atoms with van der Waals surface area (Å²) < 4.78 is 7.26. The van der Waals surface area contributed by atoms with Crippen LogP contribution in [0.3, 0.4) is 0 Å². The summed E-state index contributed by atoms with van der Waals surface area (Å²) in [5.41, 5.74) is 2.68. The predicted octanol–water partition coefficient (Wildman–Crippen LogP) is 2.83. The highest BCUT2D eigenvalue weighted by Crippen LogP contribution is 2.22. The molecule has 0 saturated heterocycles. The summed E-state index contributed by atoms with van der Waals surface area (Å²) in [7, 11) is 1.63. The van der Waals surface area contributed by atoms with Crippen LogP contribution in [0.15, 0.2) is 54.9 Å². The van der Waals surface area contributed by atoms with Crippen LogP contribution < -0.4 is 15.4 Å². The number of aromatic nitrogens is 2. The maximum atomic E-state index is 5.31. The molecule has 5 nitrogen and oxygen atoms in total. The van der Waals surface area contributed by atoms with Crippen molar-refractivity contribution in [2.24, 2.45) is 0 Å². The third-order valence-corrected chi connectivity index (χ3v) is 3.45. The number of ether oxygens (including phenoxy) is 1. The van der Waals surface area contributed by atoms with E-state index >= 15 is 0 Å². The summed E-state index contributed by atoms with van der Waals surface area (Å²) in [6.07, 6.45) is 3.95. The van der Waals surface area contributed by atoms with Gasteiger partial charge in [0.2, 0.25) is 0 Å². The highest BCUT2D eigenvalue weighted by molar-refractivity contribution is 7.80. The van der Waals surface area contributed by atoms with Gasteiger partial charge < -0.3 is 19.8 Å². The molecule has 112 valence electrons. The number of anilines is 1. The molecule has 0 unspecified atom stereocenters. The first-order valence-corrected chi connectivity index (χ1v) is 7.27. The van der Waals surface area contributed by atoms with Crippen molar-refractivity contribution in [3.63, 3.8) is 0 Å². The van der Waals surface area contributed by atoms with Crippen molar-refractivity contribution in [3.05, 3.63) is 60.6 Å². The zero-order valence-electron chi connectivity index (χ0n) is 12.1. The molecule has 3 rings (SSSR count). The molecule has 22 heavy (non-hydrogen) atoms. The topological polar surface area (TPSA) is 50.6 Å². The minimum atomic E-state index is 0.529. The maximum absolute atomic E-state index is 5.31. The molecule has 0 bridgehead atoms. The van der Waals surface area contributed by atoms with Gasteiger partial charge in [-0.2, -0.15) is 0 Å². The Bertz CT molecular complexity index is 766. The molecule has 0 aliphatic heterocycles. The van der Waals surface area contributed by atoms with Gasteiger partial charge in [-0.3, -0.25) is 0 Å². The van der Waals surface area contributed by atoms with Crippen molar-refractivity contribution in [2.45, 2.75) is 6.54 Å². The molecule has 0 spiro atoms. The third kappa shape index (κ3) is 3.17. The molecule has 0 aliphatic rings. The average molecular weight is 312 g/mol. The predicted molar refractivity (Wildman–Crippen MR) is 91.2 cm³/mol. The van der Waals surface area contributed by atoms with E-state index in [0.29, 0.717) is 11.7 Å². The summed E-state index contributed by atoms with van der Waals surface area (Å²) >= 11 is 5.31. The molecule has 0 saturated carbocycles. The van der Waals surface area contributed by atoms with Crippen LogP contribution in [-0.2, 0) is 6.54 Å². The molecule has 0 atom stereocenters. The Morgan fingerprint density at radius 2 is 2.05 bits per heavy atom. The van der Waals surface area contributed by atoms with E-state index in [2.05, 4.69) is 15.6 Å². The monoisotopic (exact) mass is 312 g/mol. The normalized spacial score (nSPS) is 10.4. The molecular formula is C16H16N4OS. The van der Waals surface area contributed by atoms with E-state index in [4.69, 9.17) is 17.0 Å². The lowest BCUT2D eigenvalue weighted by atomic mass is 10.3. The Balaban J connectivity index is 1.62. The Morgan fingerprint density at radius 3 is 2.86 bits per heavy atom. The standard InChI is InChI=1S/C16H16N4OS/c1-21-14-7-3-2-6-13(14)19-16(22)17-10-12-11-20-9-5-4-8-15(20)18-12/h2-9,11H,10H2,1H3,(H2,17,19,22). The van der Waals surface area contributed by atoms with Gasteiger partial charge in [0.25, 0.3) is 0 Å². The summed E-state index contributed by atoms with van der Waals surface area (Å²) in [5.74, 6) is 0.749. The largest absolute Gasteiger partial charge is 0.495 e. The number of hydrogen-bond acceptors (Lipinski definition) is 3. The minimum Gasteiger partial charge on any atom is -0.495 e. The second-order valence-electron chi connectivity index (χ2n) is 4.71. The molecule has 2 N–H and O–H groups in total. The van der Waals surface area contributed by atoms with Gasteiger partial charge in [0, 0.05) is 12.4 Å². The maximum Gasteiger partial charge on any atom is 0.171 e. The van der Waals surface area contributed by atoms with Crippen LogP contribution in [0, 0.1) is 0 Å². The number of nitrogens with one attached hydrogen (secondary N) is 2. The van der Waals surface area contributed by atoms with Crippen molar-refractivity contribution in [3.8, 4) is 5.75 Å². The fourth-order valence-electron chi connectivity index (χ4n) is 2.16. The quantitative estimate of drug-likeness (QED) is 0.726. The third-order valence-electron chi connectivity index (χ3n) is 3.20. The van der Waals surface area contributed by atoms with Gasteiger partial charge in [-0.05, 0) is 36.5 Å². The van der Waals surface area contributed by atoms with Gasteiger partial charge >= 0.3 is 0 Å². The van der Waals surface area contributed by atoms with Crippen LogP contribution in [0.4, 0.5) is 5.69 Å². The second-order valence-corrected chi connectivity index (χ2v) is 5.11. The fraction of sp³-hybridized carbons (Fsp3) is 0.125. The van der Waals surface area contributed by atoms with E-state index in [0.717, 1.165) is 22.8 Å². The van der Waals surface area contributed by atoms with Gasteiger partial charge in [-0.15, -0.1) is 0 Å². The zero-order chi connectivity index (χ0) is 15.4. The number of thiocarbonyl (C=S) groups is 1. The van der Waals surface area contributed by atoms with Crippen molar-refractivity contribution in [1.82, 2.24) is 14.7 Å². The molecule has 0 fully saturated rings. The van der Waals surface area contributed by atoms with E-state index < -0.39 is 0 Å². The van der Waals surface area contributed by atoms with Gasteiger partial charge in [-0.1, -0.05) is 18.2 Å². The van der Waals surface area contributed by atoms with Crippen molar-refractivity contribution in [1.29, 1.82) is 0 Å². The van der Waals surface area contributed by atoms with Crippen LogP contribution in [0.1, 0.15) is 5.69 Å². The summed E-state index contributed by atoms with van der Waals surface area (Å²) in [5, 5.41) is 6.80. The average Bonchev–Trinajstić information content (AvgIpc) is 2.96. The lowest BCUT2D eigenvalue weighted by molar-refractivity contribution is 0.417. The summed E-state index contributed by atoms with van der Waals surface area (Å²) in [4.78, 5) is 4.51. The Hall–Kier alpha value is -2.60. The number of pyridine rings is 1.